The van der Waals surface area contributed by atoms with Crippen molar-refractivity contribution in [3.8, 4) is 5.75 Å². The molecule has 1 aliphatic heterocycles. The zero-order chi connectivity index (χ0) is 22.3. The molecular weight excluding hydrogens is 402 g/mol. The van der Waals surface area contributed by atoms with Gasteiger partial charge >= 0.3 is 0 Å². The van der Waals surface area contributed by atoms with E-state index in [9.17, 15) is 9.59 Å². The number of rotatable bonds is 8. The first-order valence-corrected chi connectivity index (χ1v) is 10.8. The fourth-order valence-electron chi connectivity index (χ4n) is 3.63. The van der Waals surface area contributed by atoms with Gasteiger partial charge in [-0.3, -0.25) is 9.59 Å². The molecule has 6 nitrogen and oxygen atoms in total. The Morgan fingerprint density at radius 1 is 1.00 bits per heavy atom. The minimum Gasteiger partial charge on any atom is -0.489 e. The lowest BCUT2D eigenvalue weighted by atomic mass is 10.2. The monoisotopic (exact) mass is 429 g/mol. The van der Waals surface area contributed by atoms with E-state index in [2.05, 4.69) is 10.6 Å². The minimum atomic E-state index is -0.450. The van der Waals surface area contributed by atoms with E-state index >= 15 is 0 Å². The van der Waals surface area contributed by atoms with Gasteiger partial charge in [0.1, 0.15) is 18.4 Å². The number of hydrogen-bond acceptors (Lipinski definition) is 4. The summed E-state index contributed by atoms with van der Waals surface area (Å²) in [5.74, 6) is 0.737. The van der Waals surface area contributed by atoms with E-state index in [1.165, 1.54) is 0 Å². The van der Waals surface area contributed by atoms with Crippen molar-refractivity contribution >= 4 is 28.9 Å². The fraction of sp³-hybridized carbons (Fsp3) is 0.231. The van der Waals surface area contributed by atoms with Crippen molar-refractivity contribution in [2.75, 3.05) is 22.1 Å². The van der Waals surface area contributed by atoms with Crippen LogP contribution in [0.5, 0.6) is 5.75 Å². The second-order valence-corrected chi connectivity index (χ2v) is 7.85. The Morgan fingerprint density at radius 2 is 1.78 bits per heavy atom. The van der Waals surface area contributed by atoms with Gasteiger partial charge in [0.15, 0.2) is 0 Å². The second kappa shape index (κ2) is 10.0. The Hall–Kier alpha value is -3.80. The molecule has 0 radical (unpaired) electrons. The first-order chi connectivity index (χ1) is 15.6. The molecule has 2 amide bonds. The number of ether oxygens (including phenoxy) is 1. The predicted molar refractivity (Wildman–Crippen MR) is 127 cm³/mol. The summed E-state index contributed by atoms with van der Waals surface area (Å²) >= 11 is 0. The van der Waals surface area contributed by atoms with Crippen LogP contribution >= 0.6 is 0 Å². The maximum atomic E-state index is 12.6. The summed E-state index contributed by atoms with van der Waals surface area (Å²) in [6.07, 6.45) is 1.47. The number of nitrogens with one attached hydrogen (secondary N) is 2. The summed E-state index contributed by atoms with van der Waals surface area (Å²) in [5, 5.41) is 6.13. The zero-order valence-corrected chi connectivity index (χ0v) is 18.1. The maximum absolute atomic E-state index is 12.6. The average molecular weight is 430 g/mol. The van der Waals surface area contributed by atoms with Gasteiger partial charge in [-0.15, -0.1) is 0 Å². The molecule has 0 spiro atoms. The van der Waals surface area contributed by atoms with Gasteiger partial charge in [-0.2, -0.15) is 0 Å². The highest BCUT2D eigenvalue weighted by Crippen LogP contribution is 2.25. The van der Waals surface area contributed by atoms with Crippen molar-refractivity contribution in [2.45, 2.75) is 32.4 Å². The average Bonchev–Trinajstić information content (AvgIpc) is 3.25. The molecule has 2 N–H and O–H groups in total. The number of benzene rings is 3. The summed E-state index contributed by atoms with van der Waals surface area (Å²) in [6.45, 7) is 3.04. The Morgan fingerprint density at radius 3 is 2.50 bits per heavy atom. The molecule has 1 heterocycles. The molecule has 1 aliphatic rings. The van der Waals surface area contributed by atoms with E-state index in [0.29, 0.717) is 18.7 Å². The number of hydrogen-bond donors (Lipinski definition) is 2. The van der Waals surface area contributed by atoms with Crippen LogP contribution in [0.4, 0.5) is 17.1 Å². The largest absolute Gasteiger partial charge is 0.489 e. The van der Waals surface area contributed by atoms with E-state index in [4.69, 9.17) is 4.74 Å². The molecule has 32 heavy (non-hydrogen) atoms. The van der Waals surface area contributed by atoms with Crippen LogP contribution in [-0.4, -0.2) is 24.4 Å². The topological polar surface area (TPSA) is 70.7 Å². The third-order valence-corrected chi connectivity index (χ3v) is 5.38. The molecule has 1 atom stereocenters. The zero-order valence-electron chi connectivity index (χ0n) is 18.1. The van der Waals surface area contributed by atoms with Gasteiger partial charge in [0, 0.05) is 30.0 Å². The van der Waals surface area contributed by atoms with E-state index in [0.717, 1.165) is 35.7 Å². The van der Waals surface area contributed by atoms with Gasteiger partial charge in [-0.05, 0) is 61.4 Å². The Kier molecular flexibility index (Phi) is 6.70. The van der Waals surface area contributed by atoms with Gasteiger partial charge < -0.3 is 20.3 Å². The van der Waals surface area contributed by atoms with Gasteiger partial charge in [-0.1, -0.05) is 36.4 Å². The first-order valence-electron chi connectivity index (χ1n) is 10.8. The van der Waals surface area contributed by atoms with Crippen LogP contribution in [0.1, 0.15) is 25.3 Å². The van der Waals surface area contributed by atoms with Gasteiger partial charge in [0.2, 0.25) is 11.8 Å². The number of anilines is 3. The van der Waals surface area contributed by atoms with E-state index < -0.39 is 6.04 Å². The molecule has 1 unspecified atom stereocenters. The third kappa shape index (κ3) is 5.46. The first kappa shape index (κ1) is 21.4. The van der Waals surface area contributed by atoms with Crippen molar-refractivity contribution < 1.29 is 14.3 Å². The molecule has 0 aromatic heterocycles. The third-order valence-electron chi connectivity index (χ3n) is 5.38. The van der Waals surface area contributed by atoms with Crippen molar-refractivity contribution in [3.05, 3.63) is 84.4 Å². The molecule has 0 saturated carbocycles. The quantitative estimate of drug-likeness (QED) is 0.538. The lowest BCUT2D eigenvalue weighted by Crippen LogP contribution is -2.32. The van der Waals surface area contributed by atoms with Crippen LogP contribution in [-0.2, 0) is 16.2 Å². The van der Waals surface area contributed by atoms with Crippen molar-refractivity contribution in [1.29, 1.82) is 0 Å². The number of nitrogens with zero attached hydrogens (tertiary/aromatic N) is 1. The molecule has 3 aromatic rings. The highest BCUT2D eigenvalue weighted by molar-refractivity contribution is 5.97. The predicted octanol–water partition coefficient (Wildman–Crippen LogP) is 4.83. The van der Waals surface area contributed by atoms with Crippen LogP contribution in [0.3, 0.4) is 0 Å². The molecule has 0 aliphatic carbocycles. The Bertz CT molecular complexity index is 1070. The van der Waals surface area contributed by atoms with Crippen LogP contribution in [0.25, 0.3) is 0 Å². The molecule has 1 fully saturated rings. The summed E-state index contributed by atoms with van der Waals surface area (Å²) in [4.78, 5) is 26.4. The summed E-state index contributed by atoms with van der Waals surface area (Å²) in [6, 6.07) is 24.5. The van der Waals surface area contributed by atoms with Crippen LogP contribution in [0, 0.1) is 0 Å². The smallest absolute Gasteiger partial charge is 0.246 e. The van der Waals surface area contributed by atoms with Crippen LogP contribution < -0.4 is 20.3 Å². The number of carbonyl (C=O) groups is 2. The van der Waals surface area contributed by atoms with Gasteiger partial charge in [0.05, 0.1) is 0 Å². The molecule has 164 valence electrons. The lowest BCUT2D eigenvalue weighted by Gasteiger charge is -2.19. The Balaban J connectivity index is 1.30. The van der Waals surface area contributed by atoms with Crippen LogP contribution in [0.15, 0.2) is 78.9 Å². The number of carbonyl (C=O) groups excluding carboxylic acids is 2. The maximum Gasteiger partial charge on any atom is 0.246 e. The van der Waals surface area contributed by atoms with Gasteiger partial charge in [0.25, 0.3) is 0 Å². The highest BCUT2D eigenvalue weighted by Gasteiger charge is 2.22. The molecule has 6 heteroatoms. The molecule has 3 aromatic carbocycles. The fourth-order valence-corrected chi connectivity index (χ4v) is 3.63. The second-order valence-electron chi connectivity index (χ2n) is 7.85. The summed E-state index contributed by atoms with van der Waals surface area (Å²) in [7, 11) is 0. The van der Waals surface area contributed by atoms with E-state index in [1.54, 1.807) is 11.8 Å². The molecule has 0 bridgehead atoms. The molecular formula is C26H27N3O3. The van der Waals surface area contributed by atoms with Gasteiger partial charge in [-0.25, -0.2) is 0 Å². The van der Waals surface area contributed by atoms with Crippen molar-refractivity contribution in [2.24, 2.45) is 0 Å². The molecule has 4 rings (SSSR count). The van der Waals surface area contributed by atoms with E-state index in [-0.39, 0.29) is 11.8 Å². The van der Waals surface area contributed by atoms with E-state index in [1.807, 2.05) is 78.9 Å². The number of amides is 2. The van der Waals surface area contributed by atoms with Crippen LogP contribution in [0.2, 0.25) is 0 Å². The minimum absolute atomic E-state index is 0.143. The van der Waals surface area contributed by atoms with Crippen molar-refractivity contribution in [3.63, 3.8) is 0 Å². The highest BCUT2D eigenvalue weighted by atomic mass is 16.5. The summed E-state index contributed by atoms with van der Waals surface area (Å²) < 4.78 is 5.79. The summed E-state index contributed by atoms with van der Waals surface area (Å²) in [5.41, 5.74) is 3.46. The lowest BCUT2D eigenvalue weighted by molar-refractivity contribution is -0.117. The standard InChI is InChI=1S/C26H27N3O3/c1-19(27-22-9-5-10-23(17-22)29-16-6-11-25(29)30)26(31)28-21-12-14-24(15-13-21)32-18-20-7-3-2-4-8-20/h2-5,7-10,12-15,17,19,27H,6,11,16,18H2,1H3,(H,28,31). The normalized spacial score (nSPS) is 14.2. The Labute approximate surface area is 188 Å². The SMILES string of the molecule is CC(Nc1cccc(N2CCCC2=O)c1)C(=O)Nc1ccc(OCc2ccccc2)cc1. The van der Waals surface area contributed by atoms with Crippen molar-refractivity contribution in [1.82, 2.24) is 0 Å². The molecule has 1 saturated heterocycles.